The molecule has 2 rings (SSSR count). The number of amides is 2. The third-order valence-electron chi connectivity index (χ3n) is 5.01. The van der Waals surface area contributed by atoms with Crippen molar-refractivity contribution in [2.24, 2.45) is 0 Å². The van der Waals surface area contributed by atoms with Crippen molar-refractivity contribution in [3.8, 4) is 0 Å². The zero-order valence-electron chi connectivity index (χ0n) is 20.0. The van der Waals surface area contributed by atoms with Gasteiger partial charge in [0.2, 0.25) is 21.8 Å². The fraction of sp³-hybridized carbons (Fsp3) is 0.417. The average Bonchev–Trinajstić information content (AvgIpc) is 2.72. The van der Waals surface area contributed by atoms with E-state index in [1.54, 1.807) is 6.92 Å². The van der Waals surface area contributed by atoms with Crippen molar-refractivity contribution in [3.63, 3.8) is 0 Å². The first-order valence-electron chi connectivity index (χ1n) is 10.8. The Labute approximate surface area is 212 Å². The Kier molecular flexibility index (Phi) is 9.39. The first-order valence-corrected chi connectivity index (χ1v) is 13.4. The summed E-state index contributed by atoms with van der Waals surface area (Å²) in [4.78, 5) is 27.8. The molecule has 1 N–H and O–H groups in total. The zero-order valence-corrected chi connectivity index (χ0v) is 22.3. The molecule has 0 radical (unpaired) electrons. The van der Waals surface area contributed by atoms with Crippen LogP contribution in [0.15, 0.2) is 48.5 Å². The van der Waals surface area contributed by atoms with E-state index in [1.807, 2.05) is 51.1 Å². The van der Waals surface area contributed by atoms with Gasteiger partial charge in [0.05, 0.1) is 17.0 Å². The highest BCUT2D eigenvalue weighted by atomic mass is 35.5. The molecular formula is C24H31Cl2N3O4S. The molecule has 0 aromatic heterocycles. The Balaban J connectivity index is 2.37. The van der Waals surface area contributed by atoms with Gasteiger partial charge in [-0.1, -0.05) is 53.5 Å². The molecule has 0 bridgehead atoms. The number of anilines is 1. The normalized spacial score (nSPS) is 12.7. The number of hydrogen-bond donors (Lipinski definition) is 1. The van der Waals surface area contributed by atoms with Crippen molar-refractivity contribution >= 4 is 50.7 Å². The lowest BCUT2D eigenvalue weighted by Crippen LogP contribution is -2.55. The van der Waals surface area contributed by atoms with Crippen LogP contribution in [0.1, 0.15) is 33.3 Å². The van der Waals surface area contributed by atoms with E-state index in [2.05, 4.69) is 5.32 Å². The monoisotopic (exact) mass is 527 g/mol. The van der Waals surface area contributed by atoms with Crippen LogP contribution in [0.3, 0.4) is 0 Å². The molecule has 0 saturated carbocycles. The van der Waals surface area contributed by atoms with Crippen molar-refractivity contribution in [3.05, 3.63) is 64.1 Å². The van der Waals surface area contributed by atoms with Crippen LogP contribution in [0.5, 0.6) is 0 Å². The molecule has 0 aliphatic carbocycles. The van der Waals surface area contributed by atoms with Gasteiger partial charge in [0, 0.05) is 17.1 Å². The molecule has 2 amide bonds. The summed E-state index contributed by atoms with van der Waals surface area (Å²) in [6, 6.07) is 13.1. The van der Waals surface area contributed by atoms with Gasteiger partial charge in [0.25, 0.3) is 0 Å². The zero-order chi connectivity index (χ0) is 25.7. The third kappa shape index (κ3) is 8.18. The summed E-state index contributed by atoms with van der Waals surface area (Å²) in [6.45, 7) is 6.87. The maximum Gasteiger partial charge on any atom is 0.244 e. The summed E-state index contributed by atoms with van der Waals surface area (Å²) in [5.74, 6) is -0.866. The van der Waals surface area contributed by atoms with E-state index in [0.29, 0.717) is 6.42 Å². The van der Waals surface area contributed by atoms with E-state index in [0.717, 1.165) is 16.1 Å². The van der Waals surface area contributed by atoms with Crippen LogP contribution in [-0.2, 0) is 26.0 Å². The predicted octanol–water partition coefficient (Wildman–Crippen LogP) is 4.13. The second-order valence-electron chi connectivity index (χ2n) is 9.10. The standard InChI is InChI=1S/C24H31Cl2N3O4S/c1-17(23(31)27-24(2,3)4)28(14-13-18-9-7-6-8-10-18)22(30)16-29(34(5,32)33)21-15-19(25)11-12-20(21)26/h6-12,15,17H,13-14,16H2,1-5H3,(H,27,31). The van der Waals surface area contributed by atoms with E-state index >= 15 is 0 Å². The second-order valence-corrected chi connectivity index (χ2v) is 11.9. The molecule has 0 saturated heterocycles. The smallest absolute Gasteiger partial charge is 0.244 e. The first-order chi connectivity index (χ1) is 15.7. The number of carbonyl (C=O) groups excluding carboxylic acids is 2. The fourth-order valence-electron chi connectivity index (χ4n) is 3.32. The molecule has 10 heteroatoms. The minimum atomic E-state index is -3.89. The van der Waals surface area contributed by atoms with Crippen LogP contribution >= 0.6 is 23.2 Å². The number of nitrogens with one attached hydrogen (secondary N) is 1. The lowest BCUT2D eigenvalue weighted by Gasteiger charge is -2.33. The fourth-order valence-corrected chi connectivity index (χ4v) is 4.61. The average molecular weight is 529 g/mol. The van der Waals surface area contributed by atoms with Crippen molar-refractivity contribution in [1.82, 2.24) is 10.2 Å². The van der Waals surface area contributed by atoms with Crippen LogP contribution in [0.2, 0.25) is 10.0 Å². The molecule has 186 valence electrons. The van der Waals surface area contributed by atoms with Gasteiger partial charge in [-0.2, -0.15) is 0 Å². The van der Waals surface area contributed by atoms with Crippen LogP contribution in [0.25, 0.3) is 0 Å². The maximum atomic E-state index is 13.5. The molecule has 0 spiro atoms. The minimum Gasteiger partial charge on any atom is -0.350 e. The molecule has 34 heavy (non-hydrogen) atoms. The Hall–Kier alpha value is -2.29. The number of halogens is 2. The van der Waals surface area contributed by atoms with E-state index < -0.39 is 34.1 Å². The lowest BCUT2D eigenvalue weighted by molar-refractivity contribution is -0.139. The molecular weight excluding hydrogens is 497 g/mol. The van der Waals surface area contributed by atoms with E-state index in [4.69, 9.17) is 23.2 Å². The molecule has 7 nitrogen and oxygen atoms in total. The number of nitrogens with zero attached hydrogens (tertiary/aromatic N) is 2. The quantitative estimate of drug-likeness (QED) is 0.530. The summed E-state index contributed by atoms with van der Waals surface area (Å²) < 4.78 is 26.1. The summed E-state index contributed by atoms with van der Waals surface area (Å²) in [5, 5.41) is 3.29. The van der Waals surface area contributed by atoms with Crippen LogP contribution in [-0.4, -0.2) is 56.1 Å². The minimum absolute atomic E-state index is 0.0971. The van der Waals surface area contributed by atoms with Gasteiger partial charge in [-0.15, -0.1) is 0 Å². The van der Waals surface area contributed by atoms with Gasteiger partial charge in [-0.3, -0.25) is 13.9 Å². The molecule has 0 aliphatic heterocycles. The van der Waals surface area contributed by atoms with E-state index in [-0.39, 0.29) is 28.2 Å². The first kappa shape index (κ1) is 28.0. The van der Waals surface area contributed by atoms with Gasteiger partial charge in [0.15, 0.2) is 0 Å². The summed E-state index contributed by atoms with van der Waals surface area (Å²) in [6.07, 6.45) is 1.48. The van der Waals surface area contributed by atoms with Crippen LogP contribution in [0.4, 0.5) is 5.69 Å². The number of rotatable bonds is 9. The summed E-state index contributed by atoms with van der Waals surface area (Å²) >= 11 is 12.3. The van der Waals surface area contributed by atoms with Crippen molar-refractivity contribution in [2.45, 2.75) is 45.7 Å². The molecule has 1 atom stereocenters. The number of hydrogen-bond acceptors (Lipinski definition) is 4. The summed E-state index contributed by atoms with van der Waals surface area (Å²) in [5.41, 5.74) is 0.591. The molecule has 0 heterocycles. The molecule has 0 aliphatic rings. The van der Waals surface area contributed by atoms with Gasteiger partial charge in [0.1, 0.15) is 12.6 Å². The molecule has 2 aromatic rings. The number of carbonyl (C=O) groups is 2. The van der Waals surface area contributed by atoms with Gasteiger partial charge < -0.3 is 10.2 Å². The van der Waals surface area contributed by atoms with Gasteiger partial charge >= 0.3 is 0 Å². The topological polar surface area (TPSA) is 86.8 Å². The Bertz CT molecular complexity index is 1120. The van der Waals surface area contributed by atoms with Crippen molar-refractivity contribution in [1.29, 1.82) is 0 Å². The Morgan fingerprint density at radius 3 is 2.24 bits per heavy atom. The molecule has 0 fully saturated rings. The Morgan fingerprint density at radius 2 is 1.68 bits per heavy atom. The second kappa shape index (κ2) is 11.4. The lowest BCUT2D eigenvalue weighted by atomic mass is 10.1. The highest BCUT2D eigenvalue weighted by Crippen LogP contribution is 2.30. The van der Waals surface area contributed by atoms with E-state index in [1.165, 1.54) is 23.1 Å². The molecule has 1 unspecified atom stereocenters. The van der Waals surface area contributed by atoms with Gasteiger partial charge in [-0.25, -0.2) is 8.42 Å². The van der Waals surface area contributed by atoms with Crippen molar-refractivity contribution < 1.29 is 18.0 Å². The number of sulfonamides is 1. The highest BCUT2D eigenvalue weighted by molar-refractivity contribution is 7.92. The van der Waals surface area contributed by atoms with E-state index in [9.17, 15) is 18.0 Å². The largest absolute Gasteiger partial charge is 0.350 e. The van der Waals surface area contributed by atoms with Crippen LogP contribution in [0, 0.1) is 0 Å². The number of benzene rings is 2. The third-order valence-corrected chi connectivity index (χ3v) is 6.69. The van der Waals surface area contributed by atoms with Crippen molar-refractivity contribution in [2.75, 3.05) is 23.7 Å². The Morgan fingerprint density at radius 1 is 1.06 bits per heavy atom. The predicted molar refractivity (Wildman–Crippen MR) is 138 cm³/mol. The highest BCUT2D eigenvalue weighted by Gasteiger charge is 2.31. The SMILES string of the molecule is CC(C(=O)NC(C)(C)C)N(CCc1ccccc1)C(=O)CN(c1cc(Cl)ccc1Cl)S(C)(=O)=O. The van der Waals surface area contributed by atoms with Gasteiger partial charge in [-0.05, 0) is 57.9 Å². The van der Waals surface area contributed by atoms with Crippen LogP contribution < -0.4 is 9.62 Å². The molecule has 2 aromatic carbocycles. The maximum absolute atomic E-state index is 13.5. The summed E-state index contributed by atoms with van der Waals surface area (Å²) in [7, 11) is -3.89.